The molecule has 0 radical (unpaired) electrons. The van der Waals surface area contributed by atoms with Gasteiger partial charge in [-0.3, -0.25) is 4.79 Å². The minimum Gasteiger partial charge on any atom is -0.335 e. The van der Waals surface area contributed by atoms with Crippen LogP contribution in [0.4, 0.5) is 13.2 Å². The highest BCUT2D eigenvalue weighted by atomic mass is 19.4. The minimum absolute atomic E-state index is 0.0370. The lowest BCUT2D eigenvalue weighted by Crippen LogP contribution is -2.35. The summed E-state index contributed by atoms with van der Waals surface area (Å²) in [5.41, 5.74) is -0.651. The van der Waals surface area contributed by atoms with Gasteiger partial charge >= 0.3 is 6.18 Å². The van der Waals surface area contributed by atoms with Gasteiger partial charge in [-0.2, -0.15) is 13.2 Å². The molecule has 2 rings (SSSR count). The second kappa shape index (κ2) is 5.94. The molecule has 0 atom stereocenters. The second-order valence-electron chi connectivity index (χ2n) is 7.15. The lowest BCUT2D eigenvalue weighted by atomic mass is 9.91. The Morgan fingerprint density at radius 2 is 1.77 bits per heavy atom. The van der Waals surface area contributed by atoms with E-state index in [-0.39, 0.29) is 29.5 Å². The van der Waals surface area contributed by atoms with E-state index in [0.717, 1.165) is 18.9 Å². The Bertz CT molecular complexity index is 542. The molecular weight excluding hydrogens is 291 g/mol. The monoisotopic (exact) mass is 313 g/mol. The van der Waals surface area contributed by atoms with Crippen molar-refractivity contribution in [1.29, 1.82) is 0 Å². The van der Waals surface area contributed by atoms with Gasteiger partial charge in [-0.1, -0.05) is 39.0 Å². The van der Waals surface area contributed by atoms with E-state index < -0.39 is 11.7 Å². The number of amides is 1. The molecule has 1 aromatic carbocycles. The van der Waals surface area contributed by atoms with Gasteiger partial charge in [0.25, 0.3) is 0 Å². The summed E-state index contributed by atoms with van der Waals surface area (Å²) in [6.45, 7) is 5.91. The minimum atomic E-state index is -4.39. The van der Waals surface area contributed by atoms with Crippen molar-refractivity contribution >= 4 is 5.91 Å². The third kappa shape index (κ3) is 4.49. The van der Waals surface area contributed by atoms with E-state index in [1.165, 1.54) is 12.1 Å². The van der Waals surface area contributed by atoms with Crippen molar-refractivity contribution in [2.75, 3.05) is 0 Å². The Hall–Kier alpha value is -1.52. The van der Waals surface area contributed by atoms with Crippen LogP contribution < -0.4 is 0 Å². The van der Waals surface area contributed by atoms with E-state index in [1.807, 2.05) is 20.8 Å². The zero-order valence-corrected chi connectivity index (χ0v) is 13.2. The first-order valence-corrected chi connectivity index (χ1v) is 7.52. The normalized spacial score (nSPS) is 15.7. The number of nitrogens with zero attached hydrogens (tertiary/aromatic N) is 1. The van der Waals surface area contributed by atoms with Crippen LogP contribution in [-0.2, 0) is 17.5 Å². The molecule has 1 aliphatic carbocycles. The molecule has 2 nitrogen and oxygen atoms in total. The molecular formula is C17H22F3NO. The maximum absolute atomic E-state index is 13.1. The molecule has 0 aliphatic heterocycles. The molecule has 1 aliphatic rings. The van der Waals surface area contributed by atoms with E-state index in [1.54, 1.807) is 11.0 Å². The molecule has 1 amide bonds. The van der Waals surface area contributed by atoms with Gasteiger partial charge in [-0.05, 0) is 29.9 Å². The zero-order chi connectivity index (χ0) is 16.5. The molecule has 1 aromatic rings. The highest BCUT2D eigenvalue weighted by Crippen LogP contribution is 2.35. The summed E-state index contributed by atoms with van der Waals surface area (Å²) in [6, 6.07) is 5.60. The first kappa shape index (κ1) is 16.8. The van der Waals surface area contributed by atoms with Crippen LogP contribution in [0.1, 0.15) is 51.2 Å². The number of carbonyl (C=O) groups excluding carboxylic acids is 1. The molecule has 1 saturated carbocycles. The number of halogens is 3. The van der Waals surface area contributed by atoms with Gasteiger partial charge in [0.15, 0.2) is 0 Å². The number of rotatable bonds is 4. The lowest BCUT2D eigenvalue weighted by Gasteiger charge is -2.28. The summed E-state index contributed by atoms with van der Waals surface area (Å²) in [4.78, 5) is 14.1. The number of benzene rings is 1. The summed E-state index contributed by atoms with van der Waals surface area (Å²) < 4.78 is 39.3. The topological polar surface area (TPSA) is 20.3 Å². The van der Waals surface area contributed by atoms with E-state index in [4.69, 9.17) is 0 Å². The largest absolute Gasteiger partial charge is 0.416 e. The maximum Gasteiger partial charge on any atom is 0.416 e. The van der Waals surface area contributed by atoms with Crippen LogP contribution in [0.3, 0.4) is 0 Å². The molecule has 22 heavy (non-hydrogen) atoms. The molecule has 0 unspecified atom stereocenters. The average molecular weight is 313 g/mol. The van der Waals surface area contributed by atoms with Crippen molar-refractivity contribution in [2.24, 2.45) is 5.41 Å². The van der Waals surface area contributed by atoms with Gasteiger partial charge in [0.2, 0.25) is 5.91 Å². The number of alkyl halides is 3. The van der Waals surface area contributed by atoms with Crippen molar-refractivity contribution in [3.05, 3.63) is 35.4 Å². The van der Waals surface area contributed by atoms with Gasteiger partial charge in [0.05, 0.1) is 5.56 Å². The first-order chi connectivity index (χ1) is 10.1. The fourth-order valence-electron chi connectivity index (χ4n) is 2.48. The highest BCUT2D eigenvalue weighted by Gasteiger charge is 2.37. The molecule has 0 bridgehead atoms. The molecule has 0 spiro atoms. The average Bonchev–Trinajstić information content (AvgIpc) is 3.17. The van der Waals surface area contributed by atoms with Crippen LogP contribution in [-0.4, -0.2) is 16.8 Å². The van der Waals surface area contributed by atoms with Crippen LogP contribution >= 0.6 is 0 Å². The van der Waals surface area contributed by atoms with Crippen molar-refractivity contribution in [1.82, 2.24) is 4.90 Å². The quantitative estimate of drug-likeness (QED) is 0.793. The number of hydrogen-bond acceptors (Lipinski definition) is 1. The van der Waals surface area contributed by atoms with Crippen LogP contribution in [0.15, 0.2) is 24.3 Å². The van der Waals surface area contributed by atoms with Crippen LogP contribution in [0, 0.1) is 5.41 Å². The summed E-state index contributed by atoms with van der Waals surface area (Å²) in [6.07, 6.45) is -2.29. The summed E-state index contributed by atoms with van der Waals surface area (Å²) >= 11 is 0. The lowest BCUT2D eigenvalue weighted by molar-refractivity contribution is -0.140. The zero-order valence-electron chi connectivity index (χ0n) is 13.2. The smallest absolute Gasteiger partial charge is 0.335 e. The fraction of sp³-hybridized carbons (Fsp3) is 0.588. The second-order valence-corrected chi connectivity index (χ2v) is 7.15. The van der Waals surface area contributed by atoms with Crippen LogP contribution in [0.5, 0.6) is 0 Å². The Balaban J connectivity index is 2.21. The third-order valence-electron chi connectivity index (χ3n) is 3.65. The molecule has 0 heterocycles. The molecule has 0 N–H and O–H groups in total. The van der Waals surface area contributed by atoms with Crippen molar-refractivity contribution < 1.29 is 18.0 Å². The Morgan fingerprint density at radius 1 is 1.18 bits per heavy atom. The van der Waals surface area contributed by atoms with Crippen LogP contribution in [0.2, 0.25) is 0 Å². The third-order valence-corrected chi connectivity index (χ3v) is 3.65. The van der Waals surface area contributed by atoms with Gasteiger partial charge in [0, 0.05) is 19.0 Å². The molecule has 122 valence electrons. The summed E-state index contributed by atoms with van der Waals surface area (Å²) in [5.74, 6) is -0.0630. The molecule has 0 aromatic heterocycles. The van der Waals surface area contributed by atoms with E-state index in [2.05, 4.69) is 0 Å². The maximum atomic E-state index is 13.1. The van der Waals surface area contributed by atoms with Gasteiger partial charge in [-0.15, -0.1) is 0 Å². The standard InChI is InChI=1S/C17H22F3NO/c1-16(2,3)10-15(22)21(13-8-9-13)11-12-6-4-5-7-14(12)17(18,19)20/h4-7,13H,8-11H2,1-3H3. The molecule has 5 heteroatoms. The van der Waals surface area contributed by atoms with Crippen molar-refractivity contribution in [3.8, 4) is 0 Å². The Labute approximate surface area is 129 Å². The van der Waals surface area contributed by atoms with E-state index in [9.17, 15) is 18.0 Å². The summed E-state index contributed by atoms with van der Waals surface area (Å²) in [7, 11) is 0. The highest BCUT2D eigenvalue weighted by molar-refractivity contribution is 5.77. The SMILES string of the molecule is CC(C)(C)CC(=O)N(Cc1ccccc1C(F)(F)F)C1CC1. The predicted molar refractivity (Wildman–Crippen MR) is 79.1 cm³/mol. The van der Waals surface area contributed by atoms with E-state index in [0.29, 0.717) is 6.42 Å². The van der Waals surface area contributed by atoms with Gasteiger partial charge < -0.3 is 4.90 Å². The number of hydrogen-bond donors (Lipinski definition) is 0. The predicted octanol–water partition coefficient (Wildman–Crippen LogP) is 4.63. The van der Waals surface area contributed by atoms with Gasteiger partial charge in [-0.25, -0.2) is 0 Å². The first-order valence-electron chi connectivity index (χ1n) is 7.52. The summed E-state index contributed by atoms with van der Waals surface area (Å²) in [5, 5.41) is 0. The van der Waals surface area contributed by atoms with Gasteiger partial charge in [0.1, 0.15) is 0 Å². The Morgan fingerprint density at radius 3 is 2.27 bits per heavy atom. The fourth-order valence-corrected chi connectivity index (χ4v) is 2.48. The van der Waals surface area contributed by atoms with E-state index >= 15 is 0 Å². The van der Waals surface area contributed by atoms with Crippen molar-refractivity contribution in [3.63, 3.8) is 0 Å². The van der Waals surface area contributed by atoms with Crippen LogP contribution in [0.25, 0.3) is 0 Å². The van der Waals surface area contributed by atoms with Crippen molar-refractivity contribution in [2.45, 2.75) is 58.8 Å². The molecule has 0 saturated heterocycles. The molecule has 1 fully saturated rings. The number of carbonyl (C=O) groups is 1. The Kier molecular flexibility index (Phi) is 4.54.